The van der Waals surface area contributed by atoms with E-state index in [2.05, 4.69) is 20.1 Å². The van der Waals surface area contributed by atoms with Crippen LogP contribution in [0.3, 0.4) is 0 Å². The van der Waals surface area contributed by atoms with E-state index in [4.69, 9.17) is 4.98 Å². The van der Waals surface area contributed by atoms with Gasteiger partial charge in [0.1, 0.15) is 10.7 Å². The summed E-state index contributed by atoms with van der Waals surface area (Å²) in [5.74, 6) is 0.710. The maximum atomic E-state index is 13.2. The molecular weight excluding hydrogens is 413 g/mol. The minimum absolute atomic E-state index is 0.152. The minimum Gasteiger partial charge on any atom is -0.336 e. The molecule has 5 rings (SSSR count). The number of nitrogens with zero attached hydrogens (tertiary/aromatic N) is 5. The number of aryl methyl sites for hydroxylation is 1. The molecule has 0 aromatic carbocycles. The number of carbonyl (C=O) groups excluding carboxylic acids is 1. The van der Waals surface area contributed by atoms with Crippen molar-refractivity contribution in [2.75, 3.05) is 6.67 Å². The average molecular weight is 440 g/mol. The Labute approximate surface area is 184 Å². The lowest BCUT2D eigenvalue weighted by atomic mass is 9.87. The minimum atomic E-state index is -0.240. The van der Waals surface area contributed by atoms with Crippen LogP contribution in [0.25, 0.3) is 21.6 Å². The summed E-state index contributed by atoms with van der Waals surface area (Å²) < 4.78 is 12.6. The topological polar surface area (TPSA) is 71.9 Å². The zero-order chi connectivity index (χ0) is 21.4. The van der Waals surface area contributed by atoms with Gasteiger partial charge in [-0.25, -0.2) is 4.98 Å². The molecule has 2 fully saturated rings. The van der Waals surface area contributed by atoms with Gasteiger partial charge in [0.2, 0.25) is 5.91 Å². The van der Waals surface area contributed by atoms with Crippen molar-refractivity contribution in [3.8, 4) is 10.7 Å². The van der Waals surface area contributed by atoms with Crippen molar-refractivity contribution < 1.29 is 9.18 Å². The van der Waals surface area contributed by atoms with Crippen LogP contribution in [0.2, 0.25) is 0 Å². The number of aromatic nitrogens is 4. The van der Waals surface area contributed by atoms with Crippen molar-refractivity contribution >= 4 is 28.1 Å². The molecular formula is C23H26FN5OS. The second kappa shape index (κ2) is 8.57. The SMILES string of the molecule is Cc1nnc(-c2ccc3cnc(CC(=O)N4[C@@H]5CC[C@H]4CC(CCCF)C5)cc3n2)s1. The van der Waals surface area contributed by atoms with Crippen LogP contribution >= 0.6 is 11.3 Å². The van der Waals surface area contributed by atoms with E-state index in [9.17, 15) is 9.18 Å². The Bertz CT molecular complexity index is 1090. The van der Waals surface area contributed by atoms with Gasteiger partial charge < -0.3 is 4.90 Å². The number of carbonyl (C=O) groups is 1. The van der Waals surface area contributed by atoms with Crippen LogP contribution in [-0.4, -0.2) is 49.7 Å². The summed E-state index contributed by atoms with van der Waals surface area (Å²) in [5, 5.41) is 10.9. The summed E-state index contributed by atoms with van der Waals surface area (Å²) in [5.41, 5.74) is 2.35. The zero-order valence-electron chi connectivity index (χ0n) is 17.6. The van der Waals surface area contributed by atoms with Crippen LogP contribution in [0.4, 0.5) is 4.39 Å². The van der Waals surface area contributed by atoms with Crippen molar-refractivity contribution in [1.82, 2.24) is 25.1 Å². The number of alkyl halides is 1. The predicted octanol–water partition coefficient (Wildman–Crippen LogP) is 4.52. The Morgan fingerprint density at radius 1 is 1.23 bits per heavy atom. The molecule has 2 bridgehead atoms. The summed E-state index contributed by atoms with van der Waals surface area (Å²) in [6, 6.07) is 6.44. The highest BCUT2D eigenvalue weighted by Gasteiger charge is 2.42. The molecule has 5 heterocycles. The Balaban J connectivity index is 1.31. The van der Waals surface area contributed by atoms with E-state index in [1.165, 1.54) is 11.3 Å². The van der Waals surface area contributed by atoms with E-state index >= 15 is 0 Å². The van der Waals surface area contributed by atoms with Gasteiger partial charge in [-0.15, -0.1) is 10.2 Å². The highest BCUT2D eigenvalue weighted by molar-refractivity contribution is 7.14. The fourth-order valence-corrected chi connectivity index (χ4v) is 5.88. The van der Waals surface area contributed by atoms with Gasteiger partial charge in [-0.2, -0.15) is 0 Å². The number of rotatable bonds is 6. The number of amides is 1. The monoisotopic (exact) mass is 439 g/mol. The highest BCUT2D eigenvalue weighted by atomic mass is 32.1. The van der Waals surface area contributed by atoms with Crippen molar-refractivity contribution in [2.45, 2.75) is 64.0 Å². The van der Waals surface area contributed by atoms with Crippen molar-refractivity contribution in [1.29, 1.82) is 0 Å². The summed E-state index contributed by atoms with van der Waals surface area (Å²) >= 11 is 1.51. The second-order valence-corrected chi connectivity index (χ2v) is 9.90. The molecule has 8 heteroatoms. The molecule has 3 atom stereocenters. The van der Waals surface area contributed by atoms with Gasteiger partial charge in [0.25, 0.3) is 0 Å². The smallest absolute Gasteiger partial charge is 0.229 e. The number of halogens is 1. The molecule has 2 aliphatic heterocycles. The maximum absolute atomic E-state index is 13.2. The number of hydrogen-bond acceptors (Lipinski definition) is 6. The van der Waals surface area contributed by atoms with Crippen LogP contribution in [0.15, 0.2) is 24.4 Å². The molecule has 31 heavy (non-hydrogen) atoms. The number of hydrogen-bond donors (Lipinski definition) is 0. The fourth-order valence-electron chi connectivity index (χ4n) is 5.22. The zero-order valence-corrected chi connectivity index (χ0v) is 18.4. The van der Waals surface area contributed by atoms with Crippen LogP contribution < -0.4 is 0 Å². The Morgan fingerprint density at radius 2 is 2.03 bits per heavy atom. The lowest BCUT2D eigenvalue weighted by Crippen LogP contribution is -2.47. The van der Waals surface area contributed by atoms with Gasteiger partial charge in [-0.3, -0.25) is 14.2 Å². The molecule has 0 aliphatic carbocycles. The standard InChI is InChI=1S/C23H26FN5OS/c1-14-27-28-23(31-14)20-7-4-16-13-25-17(11-21(16)26-20)12-22(30)29-18-5-6-19(29)10-15(9-18)3-2-8-24/h4,7,11,13,15,18-19H,2-3,5-6,8-10,12H2,1H3/t15?,18-,19+. The molecule has 0 N–H and O–H groups in total. The molecule has 3 aromatic rings. The highest BCUT2D eigenvalue weighted by Crippen LogP contribution is 2.40. The number of fused-ring (bicyclic) bond motifs is 3. The first-order valence-corrected chi connectivity index (χ1v) is 11.9. The summed E-state index contributed by atoms with van der Waals surface area (Å²) in [7, 11) is 0. The molecule has 0 radical (unpaired) electrons. The molecule has 1 unspecified atom stereocenters. The Hall–Kier alpha value is -2.48. The molecule has 6 nitrogen and oxygen atoms in total. The van der Waals surface area contributed by atoms with E-state index in [0.29, 0.717) is 30.8 Å². The number of piperidine rings is 1. The van der Waals surface area contributed by atoms with Gasteiger partial charge in [-0.05, 0) is 69.6 Å². The van der Waals surface area contributed by atoms with Crippen LogP contribution in [0.5, 0.6) is 0 Å². The lowest BCUT2D eigenvalue weighted by Gasteiger charge is -2.39. The second-order valence-electron chi connectivity index (χ2n) is 8.72. The third-order valence-corrected chi connectivity index (χ3v) is 7.43. The first-order valence-electron chi connectivity index (χ1n) is 11.0. The van der Waals surface area contributed by atoms with Crippen molar-refractivity contribution in [3.05, 3.63) is 35.1 Å². The molecule has 3 aromatic heterocycles. The largest absolute Gasteiger partial charge is 0.336 e. The maximum Gasteiger partial charge on any atom is 0.229 e. The van der Waals surface area contributed by atoms with E-state index in [1.807, 2.05) is 25.1 Å². The third-order valence-electron chi connectivity index (χ3n) is 6.57. The lowest BCUT2D eigenvalue weighted by molar-refractivity contribution is -0.135. The molecule has 2 aliphatic rings. The van der Waals surface area contributed by atoms with Crippen LogP contribution in [0.1, 0.15) is 49.2 Å². The van der Waals surface area contributed by atoms with Crippen LogP contribution in [-0.2, 0) is 11.2 Å². The van der Waals surface area contributed by atoms with E-state index < -0.39 is 0 Å². The first kappa shape index (κ1) is 20.4. The summed E-state index contributed by atoms with van der Waals surface area (Å²) in [4.78, 5) is 24.5. The quantitative estimate of drug-likeness (QED) is 0.565. The molecule has 2 saturated heterocycles. The van der Waals surface area contributed by atoms with E-state index in [-0.39, 0.29) is 12.6 Å². The normalized spacial score (nSPS) is 22.9. The Morgan fingerprint density at radius 3 is 2.74 bits per heavy atom. The molecule has 0 spiro atoms. The van der Waals surface area contributed by atoms with Crippen LogP contribution in [0, 0.1) is 12.8 Å². The van der Waals surface area contributed by atoms with E-state index in [0.717, 1.165) is 64.4 Å². The van der Waals surface area contributed by atoms with Crippen molar-refractivity contribution in [2.24, 2.45) is 5.92 Å². The predicted molar refractivity (Wildman–Crippen MR) is 118 cm³/mol. The Kier molecular flexibility index (Phi) is 5.65. The van der Waals surface area contributed by atoms with Gasteiger partial charge in [0.15, 0.2) is 5.01 Å². The van der Waals surface area contributed by atoms with Gasteiger partial charge in [0, 0.05) is 23.7 Å². The molecule has 1 amide bonds. The van der Waals surface area contributed by atoms with Crippen molar-refractivity contribution in [3.63, 3.8) is 0 Å². The number of pyridine rings is 2. The molecule has 162 valence electrons. The van der Waals surface area contributed by atoms with Gasteiger partial charge >= 0.3 is 0 Å². The third kappa shape index (κ3) is 4.18. The molecule has 0 saturated carbocycles. The summed E-state index contributed by atoms with van der Waals surface area (Å²) in [6.07, 6.45) is 7.84. The average Bonchev–Trinajstić information content (AvgIpc) is 3.32. The first-order chi connectivity index (χ1) is 15.1. The van der Waals surface area contributed by atoms with Gasteiger partial charge in [-0.1, -0.05) is 11.3 Å². The summed E-state index contributed by atoms with van der Waals surface area (Å²) in [6.45, 7) is 1.68. The fraction of sp³-hybridized carbons (Fsp3) is 0.522. The van der Waals surface area contributed by atoms with Gasteiger partial charge in [0.05, 0.1) is 24.3 Å². The van der Waals surface area contributed by atoms with E-state index in [1.54, 1.807) is 6.20 Å².